The average Bonchev–Trinajstić information content (AvgIpc) is 1.82. The van der Waals surface area contributed by atoms with E-state index >= 15 is 0 Å². The van der Waals surface area contributed by atoms with Crippen LogP contribution in [-0.2, 0) is 18.0 Å². The Morgan fingerprint density at radius 2 is 1.14 bits per heavy atom. The van der Waals surface area contributed by atoms with Gasteiger partial charge in [-0.15, -0.1) is 0 Å². The fourth-order valence-electron chi connectivity index (χ4n) is 0.0747. The van der Waals surface area contributed by atoms with Crippen molar-refractivity contribution in [2.75, 3.05) is 0 Å². The lowest BCUT2D eigenvalue weighted by atomic mass is 11.2. The van der Waals surface area contributed by atoms with E-state index < -0.39 is 24.8 Å². The van der Waals surface area contributed by atoms with Crippen LogP contribution < -0.4 is 0 Å². The molecule has 0 amide bonds. The third kappa shape index (κ3) is 90.1. The quantitative estimate of drug-likeness (QED) is 0.339. The molecule has 0 saturated heterocycles. The number of rotatable bonds is 2. The highest BCUT2D eigenvalue weighted by molar-refractivity contribution is 7.46. The minimum Gasteiger partial charge on any atom is -0.516 e. The van der Waals surface area contributed by atoms with Gasteiger partial charge in [0, 0.05) is 0 Å². The van der Waals surface area contributed by atoms with Crippen LogP contribution in [0.2, 0.25) is 0 Å². The Morgan fingerprint density at radius 1 is 1.00 bits per heavy atom. The van der Waals surface area contributed by atoms with Crippen LogP contribution in [0.5, 0.6) is 0 Å². The Hall–Kier alpha value is 0.0300. The summed E-state index contributed by atoms with van der Waals surface area (Å²) in [6.07, 6.45) is 0.750. The maximum absolute atomic E-state index is 9.44. The van der Waals surface area contributed by atoms with Crippen LogP contribution in [0.15, 0.2) is 12.8 Å². The summed E-state index contributed by atoms with van der Waals surface area (Å²) in [7, 11) is -9.53. The predicted molar refractivity (Wildman–Crippen MR) is 49.8 cm³/mol. The Bertz CT molecular complexity index is 184. The van der Waals surface area contributed by atoms with E-state index in [1.807, 2.05) is 0 Å². The van der Waals surface area contributed by atoms with E-state index in [-0.39, 0.29) is 0 Å². The van der Waals surface area contributed by atoms with Crippen molar-refractivity contribution >= 4 is 24.8 Å². The third-order valence-electron chi connectivity index (χ3n) is 0.175. The monoisotopic (exact) mass is 272 g/mol. The zero-order valence-corrected chi connectivity index (χ0v) is 9.65. The second-order valence-corrected chi connectivity index (χ2v) is 3.54. The molecule has 2 atom stereocenters. The molecule has 0 heterocycles. The molecule has 0 aliphatic rings. The number of hydrogen-bond donors (Lipinski definition) is 5. The Balaban J connectivity index is -0.000000147. The summed E-state index contributed by atoms with van der Waals surface area (Å²) in [4.78, 5) is 29.7. The molecule has 12 heteroatoms. The molecule has 9 nitrogen and oxygen atoms in total. The highest BCUT2D eigenvalue weighted by Gasteiger charge is 1.93. The normalized spacial score (nSPS) is 12.6. The second-order valence-electron chi connectivity index (χ2n) is 1.10. The van der Waals surface area contributed by atoms with Crippen molar-refractivity contribution in [2.45, 2.75) is 0 Å². The molecule has 0 spiro atoms. The van der Waals surface area contributed by atoms with Gasteiger partial charge in [0.1, 0.15) is 0 Å². The summed E-state index contributed by atoms with van der Waals surface area (Å²) in [6, 6.07) is 0. The van der Waals surface area contributed by atoms with Crippen LogP contribution >= 0.6 is 24.8 Å². The van der Waals surface area contributed by atoms with Gasteiger partial charge < -0.3 is 24.7 Å². The Labute approximate surface area is 81.1 Å². The van der Waals surface area contributed by atoms with E-state index in [2.05, 4.69) is 10.9 Å². The molecule has 88 valence electrons. The van der Waals surface area contributed by atoms with Crippen molar-refractivity contribution in [3.63, 3.8) is 0 Å². The highest BCUT2D eigenvalue weighted by atomic mass is 31.2. The van der Waals surface area contributed by atoms with E-state index in [9.17, 15) is 9.13 Å². The van der Waals surface area contributed by atoms with Gasteiger partial charge in [-0.25, -0.2) is 4.31 Å². The van der Waals surface area contributed by atoms with Gasteiger partial charge in [-0.05, 0) is 0 Å². The maximum atomic E-state index is 9.44. The average molecular weight is 272 g/mol. The number of aliphatic hydroxyl groups excluding tert-OH is 1. The summed E-state index contributed by atoms with van der Waals surface area (Å²) >= 11 is 0. The molecule has 0 aromatic rings. The summed E-state index contributed by atoms with van der Waals surface area (Å²) in [6.45, 7) is 2.92. The molecular weight excluding hydrogens is 261 g/mol. The molecule has 0 bridgehead atoms. The fraction of sp³-hybridized carbons (Fsp3) is 0. The zero-order valence-electron chi connectivity index (χ0n) is 6.65. The Kier molecular flexibility index (Phi) is 21.7. The number of hydrogen-bond acceptors (Lipinski definition) is 5. The van der Waals surface area contributed by atoms with Gasteiger partial charge in [0.05, 0.1) is 6.26 Å². The van der Waals surface area contributed by atoms with E-state index in [1.165, 1.54) is 0 Å². The summed E-state index contributed by atoms with van der Waals surface area (Å²) in [5.41, 5.74) is 0. The molecule has 5 N–H and O–H groups in total. The smallest absolute Gasteiger partial charge is 0.323 e. The lowest BCUT2D eigenvalue weighted by Crippen LogP contribution is -1.58. The lowest BCUT2D eigenvalue weighted by Gasteiger charge is -1.86. The Morgan fingerprint density at radius 3 is 1.14 bits per heavy atom. The molecule has 0 aromatic heterocycles. The first kappa shape index (κ1) is 19.6. The van der Waals surface area contributed by atoms with Gasteiger partial charge in [-0.1, -0.05) is 6.58 Å². The van der Waals surface area contributed by atoms with E-state index in [0.717, 1.165) is 6.26 Å². The molecule has 2 unspecified atom stereocenters. The maximum Gasteiger partial charge on any atom is 0.323 e. The van der Waals surface area contributed by atoms with Crippen molar-refractivity contribution in [1.29, 1.82) is 0 Å². The predicted octanol–water partition coefficient (Wildman–Crippen LogP) is -0.184. The minimum absolute atomic E-state index is 0.750. The second kappa shape index (κ2) is 15.5. The van der Waals surface area contributed by atoms with E-state index in [4.69, 9.17) is 29.2 Å². The molecule has 0 saturated carbocycles. The van der Waals surface area contributed by atoms with Crippen LogP contribution in [0.1, 0.15) is 0 Å². The first-order valence-corrected chi connectivity index (χ1v) is 6.41. The van der Waals surface area contributed by atoms with Crippen molar-refractivity contribution in [3.8, 4) is 0 Å². The lowest BCUT2D eigenvalue weighted by molar-refractivity contribution is 0.371. The summed E-state index contributed by atoms with van der Waals surface area (Å²) in [5.74, 6) is 0. The van der Waals surface area contributed by atoms with Crippen LogP contribution in [0.25, 0.3) is 0 Å². The van der Waals surface area contributed by atoms with Gasteiger partial charge in [0.15, 0.2) is 0 Å². The molecule has 0 rings (SSSR count). The molecule has 0 aromatic carbocycles. The van der Waals surface area contributed by atoms with E-state index in [0.29, 0.717) is 0 Å². The topological polar surface area (TPSA) is 162 Å². The standard InChI is InChI=1S/C2H4O.H4O5P2.H3O3P/c1-2-3;1-6(2)5-7(3)4;1-4(2)3/h2-3H,1H2;6-7H,(H,1,2)(H,3,4);4H,(H2,1,2,3). The van der Waals surface area contributed by atoms with Gasteiger partial charge in [0.2, 0.25) is 0 Å². The third-order valence-corrected chi connectivity index (χ3v) is 1.57. The van der Waals surface area contributed by atoms with Crippen molar-refractivity contribution in [2.24, 2.45) is 0 Å². The highest BCUT2D eigenvalue weighted by Crippen LogP contribution is 2.30. The number of aliphatic hydroxyl groups is 1. The van der Waals surface area contributed by atoms with Gasteiger partial charge in [-0.2, -0.15) is 0 Å². The van der Waals surface area contributed by atoms with Crippen LogP contribution in [0.4, 0.5) is 0 Å². The van der Waals surface area contributed by atoms with Crippen molar-refractivity contribution < 1.29 is 42.7 Å². The van der Waals surface area contributed by atoms with Crippen molar-refractivity contribution in [3.05, 3.63) is 12.8 Å². The minimum atomic E-state index is -3.20. The zero-order chi connectivity index (χ0) is 12.1. The van der Waals surface area contributed by atoms with Gasteiger partial charge in [0.25, 0.3) is 0 Å². The molecule has 0 aliphatic heterocycles. The van der Waals surface area contributed by atoms with Crippen LogP contribution in [0.3, 0.4) is 0 Å². The molecule has 14 heavy (non-hydrogen) atoms. The summed E-state index contributed by atoms with van der Waals surface area (Å²) < 4.78 is 31.1. The van der Waals surface area contributed by atoms with Crippen molar-refractivity contribution in [1.82, 2.24) is 0 Å². The molecule has 0 fully saturated rings. The SMILES string of the molecule is C=CO.O=[PH](O)O.O=[PH](O)O[PH](=O)O. The summed E-state index contributed by atoms with van der Waals surface area (Å²) in [5, 5.41) is 7.33. The molecule has 0 radical (unpaired) electrons. The van der Waals surface area contributed by atoms with Crippen LogP contribution in [-0.4, -0.2) is 24.7 Å². The first-order valence-electron chi connectivity index (χ1n) is 2.58. The van der Waals surface area contributed by atoms with E-state index in [1.54, 1.807) is 0 Å². The van der Waals surface area contributed by atoms with Crippen LogP contribution in [0, 0.1) is 0 Å². The molecular formula is C2H11O9P3. The molecule has 0 aliphatic carbocycles. The largest absolute Gasteiger partial charge is 0.516 e. The van der Waals surface area contributed by atoms with Gasteiger partial charge >= 0.3 is 24.8 Å². The first-order chi connectivity index (χ1) is 6.27. The fourth-order valence-corrected chi connectivity index (χ4v) is 0.672. The van der Waals surface area contributed by atoms with Gasteiger partial charge in [-0.3, -0.25) is 13.7 Å².